The van der Waals surface area contributed by atoms with Gasteiger partial charge in [-0.25, -0.2) is 4.79 Å². The second kappa shape index (κ2) is 10.8. The maximum absolute atomic E-state index is 12.6. The summed E-state index contributed by atoms with van der Waals surface area (Å²) < 4.78 is 5.81. The van der Waals surface area contributed by atoms with E-state index in [-0.39, 0.29) is 12.1 Å². The Morgan fingerprint density at radius 1 is 0.857 bits per heavy atom. The van der Waals surface area contributed by atoms with Gasteiger partial charge in [-0.3, -0.25) is 0 Å². The monoisotopic (exact) mass is 470 g/mol. The Morgan fingerprint density at radius 3 is 2.20 bits per heavy atom. The van der Waals surface area contributed by atoms with Gasteiger partial charge in [-0.1, -0.05) is 30.3 Å². The van der Waals surface area contributed by atoms with Crippen molar-refractivity contribution in [3.8, 4) is 11.5 Å². The van der Waals surface area contributed by atoms with E-state index < -0.39 is 0 Å². The number of anilines is 2. The van der Waals surface area contributed by atoms with Crippen molar-refractivity contribution in [3.63, 3.8) is 0 Å². The molecule has 0 bridgehead atoms. The van der Waals surface area contributed by atoms with Crippen LogP contribution in [0.2, 0.25) is 0 Å². The third kappa shape index (κ3) is 5.95. The quantitative estimate of drug-likeness (QED) is 0.442. The average molecular weight is 471 g/mol. The van der Waals surface area contributed by atoms with Gasteiger partial charge in [0.05, 0.1) is 0 Å². The van der Waals surface area contributed by atoms with E-state index in [0.717, 1.165) is 17.2 Å². The van der Waals surface area contributed by atoms with E-state index in [4.69, 9.17) is 4.74 Å². The number of carbonyl (C=O) groups excluding carboxylic acids is 1. The molecule has 2 heterocycles. The zero-order valence-corrected chi connectivity index (χ0v) is 20.3. The van der Waals surface area contributed by atoms with Crippen molar-refractivity contribution < 1.29 is 9.53 Å². The summed E-state index contributed by atoms with van der Waals surface area (Å²) in [5.74, 6) is 1.52. The minimum Gasteiger partial charge on any atom is -0.457 e. The maximum atomic E-state index is 12.6. The van der Waals surface area contributed by atoms with E-state index in [0.29, 0.717) is 19.1 Å². The lowest BCUT2D eigenvalue weighted by atomic mass is 10.0. The van der Waals surface area contributed by atoms with Crippen LogP contribution >= 0.6 is 0 Å². The van der Waals surface area contributed by atoms with Crippen molar-refractivity contribution >= 4 is 17.4 Å². The largest absolute Gasteiger partial charge is 0.457 e. The first-order valence-electron chi connectivity index (χ1n) is 12.6. The van der Waals surface area contributed by atoms with Crippen LogP contribution in [0.15, 0.2) is 78.9 Å². The molecule has 0 spiro atoms. The van der Waals surface area contributed by atoms with Crippen molar-refractivity contribution in [2.75, 3.05) is 36.4 Å². The van der Waals surface area contributed by atoms with Gasteiger partial charge in [0, 0.05) is 49.6 Å². The first kappa shape index (κ1) is 23.2. The van der Waals surface area contributed by atoms with Crippen LogP contribution in [0.5, 0.6) is 11.5 Å². The highest BCUT2D eigenvalue weighted by Gasteiger charge is 2.31. The summed E-state index contributed by atoms with van der Waals surface area (Å²) in [4.78, 5) is 16.9. The maximum Gasteiger partial charge on any atom is 0.321 e. The summed E-state index contributed by atoms with van der Waals surface area (Å²) in [5, 5.41) is 6.64. The molecule has 3 aromatic carbocycles. The molecule has 1 unspecified atom stereocenters. The summed E-state index contributed by atoms with van der Waals surface area (Å²) >= 11 is 0. The molecule has 182 valence electrons. The van der Waals surface area contributed by atoms with Crippen LogP contribution in [0.1, 0.15) is 37.8 Å². The number of likely N-dealkylation sites (tertiary alicyclic amines) is 1. The van der Waals surface area contributed by atoms with Crippen LogP contribution in [-0.4, -0.2) is 43.2 Å². The van der Waals surface area contributed by atoms with Gasteiger partial charge in [-0.15, -0.1) is 0 Å². The summed E-state index contributed by atoms with van der Waals surface area (Å²) in [6.45, 7) is 5.93. The highest BCUT2D eigenvalue weighted by molar-refractivity contribution is 5.90. The summed E-state index contributed by atoms with van der Waals surface area (Å²) in [6.07, 6.45) is 3.93. The minimum absolute atomic E-state index is 0.0710. The topological polar surface area (TPSA) is 56.8 Å². The normalized spacial score (nSPS) is 16.9. The predicted molar refractivity (Wildman–Crippen MR) is 141 cm³/mol. The molecule has 2 saturated heterocycles. The Hall–Kier alpha value is -3.51. The minimum atomic E-state index is -0.0710. The first-order chi connectivity index (χ1) is 17.1. The van der Waals surface area contributed by atoms with E-state index >= 15 is 0 Å². The van der Waals surface area contributed by atoms with Gasteiger partial charge in [0.2, 0.25) is 0 Å². The fourth-order valence-corrected chi connectivity index (χ4v) is 4.76. The molecule has 0 radical (unpaired) electrons. The summed E-state index contributed by atoms with van der Waals surface area (Å²) in [5.41, 5.74) is 3.37. The van der Waals surface area contributed by atoms with Gasteiger partial charge >= 0.3 is 6.03 Å². The lowest BCUT2D eigenvalue weighted by Gasteiger charge is -2.41. The standard InChI is InChI=1S/C29H34N4O2/c1-22(23-10-14-26(15-11-23)32-18-6-3-7-19-32)30-25-20-33(21-25)29(34)31-24-12-16-28(17-13-24)35-27-8-4-2-5-9-27/h2,4-5,8-17,22,25,30H,3,6-7,18-21H2,1H3,(H,31,34). The smallest absolute Gasteiger partial charge is 0.321 e. The zero-order chi connectivity index (χ0) is 24.0. The molecule has 3 aromatic rings. The van der Waals surface area contributed by atoms with Crippen molar-refractivity contribution in [3.05, 3.63) is 84.4 Å². The molecule has 0 aromatic heterocycles. The number of piperidine rings is 1. The zero-order valence-electron chi connectivity index (χ0n) is 20.3. The van der Waals surface area contributed by atoms with Crippen LogP contribution in [0, 0.1) is 0 Å². The van der Waals surface area contributed by atoms with Crippen molar-refractivity contribution in [2.24, 2.45) is 0 Å². The Morgan fingerprint density at radius 2 is 1.51 bits per heavy atom. The molecular formula is C29H34N4O2. The number of nitrogens with one attached hydrogen (secondary N) is 2. The molecule has 0 aliphatic carbocycles. The lowest BCUT2D eigenvalue weighted by Crippen LogP contribution is -2.61. The van der Waals surface area contributed by atoms with E-state index in [2.05, 4.69) is 46.7 Å². The van der Waals surface area contributed by atoms with Gasteiger partial charge in [-0.05, 0) is 80.3 Å². The number of hydrogen-bond donors (Lipinski definition) is 2. The van der Waals surface area contributed by atoms with E-state index in [1.807, 2.05) is 59.5 Å². The average Bonchev–Trinajstić information content (AvgIpc) is 2.88. The number of rotatable bonds is 7. The second-order valence-electron chi connectivity index (χ2n) is 9.50. The lowest BCUT2D eigenvalue weighted by molar-refractivity contribution is 0.143. The van der Waals surface area contributed by atoms with Crippen LogP contribution in [-0.2, 0) is 0 Å². The third-order valence-corrected chi connectivity index (χ3v) is 6.85. The first-order valence-corrected chi connectivity index (χ1v) is 12.6. The SMILES string of the molecule is CC(NC1CN(C(=O)Nc2ccc(Oc3ccccc3)cc2)C1)c1ccc(N2CCCCC2)cc1. The molecule has 1 atom stereocenters. The second-order valence-corrected chi connectivity index (χ2v) is 9.50. The highest BCUT2D eigenvalue weighted by atomic mass is 16.5. The molecule has 6 heteroatoms. The number of ether oxygens (including phenoxy) is 1. The Bertz CT molecular complexity index is 1090. The molecule has 6 nitrogen and oxygen atoms in total. The summed E-state index contributed by atoms with van der Waals surface area (Å²) in [6, 6.07) is 26.5. The van der Waals surface area contributed by atoms with Gasteiger partial charge in [0.1, 0.15) is 11.5 Å². The molecular weight excluding hydrogens is 436 g/mol. The molecule has 0 saturated carbocycles. The van der Waals surface area contributed by atoms with Gasteiger partial charge in [0.25, 0.3) is 0 Å². The molecule has 5 rings (SSSR count). The van der Waals surface area contributed by atoms with E-state index in [1.165, 1.54) is 43.6 Å². The van der Waals surface area contributed by atoms with Crippen molar-refractivity contribution in [1.29, 1.82) is 0 Å². The van der Waals surface area contributed by atoms with Gasteiger partial charge in [0.15, 0.2) is 0 Å². The fourth-order valence-electron chi connectivity index (χ4n) is 4.76. The van der Waals surface area contributed by atoms with Crippen LogP contribution < -0.4 is 20.3 Å². The highest BCUT2D eigenvalue weighted by Crippen LogP contribution is 2.25. The molecule has 2 amide bonds. The molecule has 2 N–H and O–H groups in total. The van der Waals surface area contributed by atoms with Gasteiger partial charge in [-0.2, -0.15) is 0 Å². The van der Waals surface area contributed by atoms with Crippen LogP contribution in [0.4, 0.5) is 16.2 Å². The van der Waals surface area contributed by atoms with E-state index in [1.54, 1.807) is 0 Å². The van der Waals surface area contributed by atoms with Crippen molar-refractivity contribution in [2.45, 2.75) is 38.3 Å². The van der Waals surface area contributed by atoms with Crippen LogP contribution in [0.3, 0.4) is 0 Å². The number of benzene rings is 3. The van der Waals surface area contributed by atoms with Crippen molar-refractivity contribution in [1.82, 2.24) is 10.2 Å². The summed E-state index contributed by atoms with van der Waals surface area (Å²) in [7, 11) is 0. The number of nitrogens with zero attached hydrogens (tertiary/aromatic N) is 2. The molecule has 2 aliphatic heterocycles. The third-order valence-electron chi connectivity index (χ3n) is 6.85. The fraction of sp³-hybridized carbons (Fsp3) is 0.345. The number of hydrogen-bond acceptors (Lipinski definition) is 4. The molecule has 35 heavy (non-hydrogen) atoms. The molecule has 2 aliphatic rings. The van der Waals surface area contributed by atoms with E-state index in [9.17, 15) is 4.79 Å². The Balaban J connectivity index is 1.05. The predicted octanol–water partition coefficient (Wildman–Crippen LogP) is 6.04. The number of para-hydroxylation sites is 1. The Labute approximate surface area is 207 Å². The molecule has 2 fully saturated rings. The number of urea groups is 1. The van der Waals surface area contributed by atoms with Gasteiger partial charge < -0.3 is 25.2 Å². The Kier molecular flexibility index (Phi) is 7.19. The number of carbonyl (C=O) groups is 1. The van der Waals surface area contributed by atoms with Crippen LogP contribution in [0.25, 0.3) is 0 Å². The number of amides is 2.